The maximum atomic E-state index is 13.8. The van der Waals surface area contributed by atoms with Gasteiger partial charge in [-0.1, -0.05) is 48.5 Å². The third-order valence-corrected chi connectivity index (χ3v) is 7.02. The first-order chi connectivity index (χ1) is 14.6. The molecule has 0 radical (unpaired) electrons. The van der Waals surface area contributed by atoms with Crippen molar-refractivity contribution < 1.29 is 14.0 Å². The van der Waals surface area contributed by atoms with E-state index in [1.807, 2.05) is 42.5 Å². The molecular weight excluding hydrogens is 399 g/mol. The lowest BCUT2D eigenvalue weighted by Gasteiger charge is -2.33. The van der Waals surface area contributed by atoms with Crippen molar-refractivity contribution in [3.63, 3.8) is 0 Å². The van der Waals surface area contributed by atoms with E-state index in [1.165, 1.54) is 23.9 Å². The summed E-state index contributed by atoms with van der Waals surface area (Å²) in [7, 11) is 0. The number of nitrogens with zero attached hydrogens (tertiary/aromatic N) is 2. The molecule has 5 rings (SSSR count). The van der Waals surface area contributed by atoms with Crippen molar-refractivity contribution in [3.8, 4) is 0 Å². The minimum Gasteiger partial charge on any atom is -0.311 e. The van der Waals surface area contributed by atoms with Gasteiger partial charge in [-0.3, -0.25) is 9.59 Å². The number of carbonyl (C=O) groups is 2. The zero-order valence-corrected chi connectivity index (χ0v) is 16.9. The monoisotopic (exact) mass is 418 g/mol. The molecule has 0 aromatic heterocycles. The molecule has 1 spiro atoms. The number of benzene rings is 3. The number of amides is 2. The Morgan fingerprint density at radius 2 is 1.77 bits per heavy atom. The zero-order chi connectivity index (χ0) is 20.7. The van der Waals surface area contributed by atoms with Gasteiger partial charge in [-0.15, -0.1) is 11.8 Å². The lowest BCUT2D eigenvalue weighted by atomic mass is 10.0. The van der Waals surface area contributed by atoms with Crippen LogP contribution in [0.2, 0.25) is 0 Å². The van der Waals surface area contributed by atoms with Crippen molar-refractivity contribution in [3.05, 3.63) is 101 Å². The number of fused-ring (bicyclic) bond motifs is 2. The Labute approximate surface area is 178 Å². The third kappa shape index (κ3) is 2.82. The van der Waals surface area contributed by atoms with E-state index in [9.17, 15) is 14.0 Å². The summed E-state index contributed by atoms with van der Waals surface area (Å²) < 4.78 is 13.7. The minimum atomic E-state index is -1.09. The minimum absolute atomic E-state index is 0.153. The van der Waals surface area contributed by atoms with Crippen molar-refractivity contribution in [1.82, 2.24) is 4.90 Å². The first-order valence-corrected chi connectivity index (χ1v) is 10.8. The summed E-state index contributed by atoms with van der Waals surface area (Å²) in [6.45, 7) is 0.746. The first kappa shape index (κ1) is 18.9. The molecule has 4 nitrogen and oxygen atoms in total. The van der Waals surface area contributed by atoms with E-state index < -0.39 is 4.87 Å². The molecule has 0 bridgehead atoms. The van der Waals surface area contributed by atoms with Crippen LogP contribution in [0.25, 0.3) is 0 Å². The Morgan fingerprint density at radius 1 is 1.00 bits per heavy atom. The molecule has 0 aliphatic carbocycles. The van der Waals surface area contributed by atoms with Gasteiger partial charge in [-0.25, -0.2) is 4.39 Å². The molecule has 6 heteroatoms. The Bertz CT molecular complexity index is 1140. The van der Waals surface area contributed by atoms with E-state index in [4.69, 9.17) is 0 Å². The second-order valence-electron chi connectivity index (χ2n) is 7.35. The van der Waals surface area contributed by atoms with Gasteiger partial charge in [0.2, 0.25) is 0 Å². The second kappa shape index (κ2) is 7.29. The lowest BCUT2D eigenvalue weighted by molar-refractivity contribution is -0.123. The van der Waals surface area contributed by atoms with Gasteiger partial charge in [0.25, 0.3) is 11.8 Å². The fourth-order valence-corrected chi connectivity index (χ4v) is 5.74. The first-order valence-electron chi connectivity index (χ1n) is 9.78. The van der Waals surface area contributed by atoms with Crippen molar-refractivity contribution >= 4 is 29.3 Å². The fraction of sp³-hybridized carbons (Fsp3) is 0.167. The average Bonchev–Trinajstić information content (AvgIpc) is 3.31. The average molecular weight is 418 g/mol. The quantitative estimate of drug-likeness (QED) is 0.633. The third-order valence-electron chi connectivity index (χ3n) is 5.60. The number of hydrogen-bond acceptors (Lipinski definition) is 3. The largest absolute Gasteiger partial charge is 0.311 e. The van der Waals surface area contributed by atoms with Crippen LogP contribution in [-0.2, 0) is 16.2 Å². The highest BCUT2D eigenvalue weighted by atomic mass is 32.2. The molecule has 1 saturated heterocycles. The number of rotatable bonds is 3. The van der Waals surface area contributed by atoms with E-state index in [-0.39, 0.29) is 24.2 Å². The molecule has 30 heavy (non-hydrogen) atoms. The standard InChI is InChI=1S/C24H19FN2O2S/c25-19-10-6-7-17(15-19)16-26-21-12-5-4-11-20(21)24(23(26)29)27(13-14-30-24)22(28)18-8-2-1-3-9-18/h1-12,15H,13-14,16H2/t24-/m0/s1. The molecule has 0 saturated carbocycles. The number of halogens is 1. The van der Waals surface area contributed by atoms with Crippen LogP contribution in [0.4, 0.5) is 10.1 Å². The van der Waals surface area contributed by atoms with Gasteiger partial charge in [0.05, 0.1) is 12.2 Å². The van der Waals surface area contributed by atoms with Crippen LogP contribution < -0.4 is 4.90 Å². The number of hydrogen-bond donors (Lipinski definition) is 0. The lowest BCUT2D eigenvalue weighted by Crippen LogP contribution is -2.50. The molecule has 2 amide bonds. The highest BCUT2D eigenvalue weighted by Gasteiger charge is 2.59. The topological polar surface area (TPSA) is 40.6 Å². The highest BCUT2D eigenvalue weighted by Crippen LogP contribution is 2.54. The Morgan fingerprint density at radius 3 is 2.57 bits per heavy atom. The molecule has 1 atom stereocenters. The van der Waals surface area contributed by atoms with Crippen LogP contribution in [0.15, 0.2) is 78.9 Å². The van der Waals surface area contributed by atoms with E-state index in [2.05, 4.69) is 0 Å². The van der Waals surface area contributed by atoms with Crippen molar-refractivity contribution in [2.24, 2.45) is 0 Å². The predicted octanol–water partition coefficient (Wildman–Crippen LogP) is 4.41. The van der Waals surface area contributed by atoms with Gasteiger partial charge in [-0.05, 0) is 35.9 Å². The van der Waals surface area contributed by atoms with Gasteiger partial charge >= 0.3 is 0 Å². The summed E-state index contributed by atoms with van der Waals surface area (Å²) in [5.41, 5.74) is 2.86. The molecular formula is C24H19FN2O2S. The molecule has 0 unspecified atom stereocenters. The maximum absolute atomic E-state index is 13.8. The number of carbonyl (C=O) groups excluding carboxylic acids is 2. The van der Waals surface area contributed by atoms with Crippen LogP contribution in [0.5, 0.6) is 0 Å². The molecule has 2 aliphatic rings. The van der Waals surface area contributed by atoms with Crippen LogP contribution >= 0.6 is 11.8 Å². The smallest absolute Gasteiger partial charge is 0.268 e. The number of anilines is 1. The van der Waals surface area contributed by atoms with Crippen LogP contribution in [0.3, 0.4) is 0 Å². The highest BCUT2D eigenvalue weighted by molar-refractivity contribution is 8.01. The van der Waals surface area contributed by atoms with Crippen LogP contribution in [0.1, 0.15) is 21.5 Å². The summed E-state index contributed by atoms with van der Waals surface area (Å²) >= 11 is 1.49. The molecule has 2 aliphatic heterocycles. The van der Waals surface area contributed by atoms with Gasteiger partial charge in [-0.2, -0.15) is 0 Å². The molecule has 3 aromatic rings. The van der Waals surface area contributed by atoms with Crippen molar-refractivity contribution in [2.45, 2.75) is 11.4 Å². The summed E-state index contributed by atoms with van der Waals surface area (Å²) in [5.74, 6) is 0.0290. The summed E-state index contributed by atoms with van der Waals surface area (Å²) in [6, 6.07) is 22.9. The molecule has 150 valence electrons. The zero-order valence-electron chi connectivity index (χ0n) is 16.1. The normalized spacial score (nSPS) is 20.1. The fourth-order valence-electron chi connectivity index (χ4n) is 4.28. The molecule has 3 aromatic carbocycles. The van der Waals surface area contributed by atoms with Crippen molar-refractivity contribution in [1.29, 1.82) is 0 Å². The maximum Gasteiger partial charge on any atom is 0.268 e. The SMILES string of the molecule is O=C(c1ccccc1)N1CCS[C@@]12C(=O)N(Cc1cccc(F)c1)c1ccccc12. The van der Waals surface area contributed by atoms with Crippen molar-refractivity contribution in [2.75, 3.05) is 17.2 Å². The predicted molar refractivity (Wildman–Crippen MR) is 116 cm³/mol. The van der Waals surface area contributed by atoms with E-state index >= 15 is 0 Å². The second-order valence-corrected chi connectivity index (χ2v) is 8.64. The summed E-state index contributed by atoms with van der Waals surface area (Å²) in [5, 5.41) is 0. The van der Waals surface area contributed by atoms with Gasteiger partial charge in [0.1, 0.15) is 5.82 Å². The van der Waals surface area contributed by atoms with Gasteiger partial charge in [0, 0.05) is 23.4 Å². The van der Waals surface area contributed by atoms with Crippen LogP contribution in [0, 0.1) is 5.82 Å². The Hall–Kier alpha value is -3.12. The van der Waals surface area contributed by atoms with E-state index in [0.717, 1.165) is 11.3 Å². The van der Waals surface area contributed by atoms with E-state index in [0.29, 0.717) is 23.4 Å². The summed E-state index contributed by atoms with van der Waals surface area (Å²) in [6.07, 6.45) is 0. The number of para-hydroxylation sites is 1. The Kier molecular flexibility index (Phi) is 4.59. The van der Waals surface area contributed by atoms with E-state index in [1.54, 1.807) is 34.1 Å². The summed E-state index contributed by atoms with van der Waals surface area (Å²) in [4.78, 5) is 29.5. The number of thioether (sulfide) groups is 1. The molecule has 2 heterocycles. The molecule has 0 N–H and O–H groups in total. The van der Waals surface area contributed by atoms with Gasteiger partial charge < -0.3 is 9.80 Å². The molecule has 1 fully saturated rings. The van der Waals surface area contributed by atoms with Crippen LogP contribution in [-0.4, -0.2) is 29.0 Å². The Balaban J connectivity index is 1.58. The van der Waals surface area contributed by atoms with Gasteiger partial charge in [0.15, 0.2) is 4.87 Å².